The summed E-state index contributed by atoms with van der Waals surface area (Å²) in [7, 11) is 0. The lowest BCUT2D eigenvalue weighted by Gasteiger charge is -2.14. The van der Waals surface area contributed by atoms with Gasteiger partial charge in [0.1, 0.15) is 6.04 Å². The number of benzene rings is 1. The Labute approximate surface area is 124 Å². The molecule has 108 valence electrons. The highest BCUT2D eigenvalue weighted by molar-refractivity contribution is 6.36. The molecule has 1 atom stereocenters. The number of urea groups is 1. The molecule has 0 aromatic heterocycles. The summed E-state index contributed by atoms with van der Waals surface area (Å²) in [5.74, 6) is -2.22. The molecule has 0 saturated heterocycles. The van der Waals surface area contributed by atoms with Crippen LogP contribution in [0.1, 0.15) is 6.42 Å². The molecule has 0 fully saturated rings. The lowest BCUT2D eigenvalue weighted by molar-refractivity contribution is -0.140. The van der Waals surface area contributed by atoms with Crippen molar-refractivity contribution < 1.29 is 19.5 Å². The van der Waals surface area contributed by atoms with Crippen LogP contribution in [0, 0.1) is 0 Å². The zero-order valence-electron chi connectivity index (χ0n) is 10.0. The smallest absolute Gasteiger partial charge is 0.326 e. The molecule has 1 rings (SSSR count). The fourth-order valence-corrected chi connectivity index (χ4v) is 1.76. The molecule has 1 aromatic carbocycles. The predicted molar refractivity (Wildman–Crippen MR) is 73.9 cm³/mol. The Balaban J connectivity index is 2.70. The first-order valence-corrected chi connectivity index (χ1v) is 6.09. The number of hydrogen-bond acceptors (Lipinski definition) is 3. The Hall–Kier alpha value is -1.99. The molecule has 7 nitrogen and oxygen atoms in total. The number of halogens is 2. The van der Waals surface area contributed by atoms with Gasteiger partial charge in [-0.05, 0) is 18.2 Å². The van der Waals surface area contributed by atoms with Crippen molar-refractivity contribution in [2.24, 2.45) is 5.73 Å². The molecule has 0 radical (unpaired) electrons. The largest absolute Gasteiger partial charge is 0.480 e. The van der Waals surface area contributed by atoms with Crippen LogP contribution in [0.5, 0.6) is 0 Å². The zero-order chi connectivity index (χ0) is 15.3. The molecule has 0 unspecified atom stereocenters. The van der Waals surface area contributed by atoms with Gasteiger partial charge in [0.25, 0.3) is 0 Å². The Bertz CT molecular complexity index is 550. The van der Waals surface area contributed by atoms with Gasteiger partial charge in [-0.1, -0.05) is 23.2 Å². The first kappa shape index (κ1) is 16.1. The minimum Gasteiger partial charge on any atom is -0.480 e. The van der Waals surface area contributed by atoms with E-state index >= 15 is 0 Å². The number of carbonyl (C=O) groups is 3. The van der Waals surface area contributed by atoms with Crippen LogP contribution >= 0.6 is 23.2 Å². The van der Waals surface area contributed by atoms with E-state index in [0.717, 1.165) is 0 Å². The van der Waals surface area contributed by atoms with Crippen molar-refractivity contribution in [3.63, 3.8) is 0 Å². The van der Waals surface area contributed by atoms with Crippen molar-refractivity contribution in [3.8, 4) is 0 Å². The highest BCUT2D eigenvalue weighted by atomic mass is 35.5. The van der Waals surface area contributed by atoms with E-state index in [9.17, 15) is 14.4 Å². The van der Waals surface area contributed by atoms with Gasteiger partial charge in [-0.25, -0.2) is 9.59 Å². The second-order valence-corrected chi connectivity index (χ2v) is 4.63. The van der Waals surface area contributed by atoms with Crippen molar-refractivity contribution >= 4 is 46.8 Å². The van der Waals surface area contributed by atoms with Crippen molar-refractivity contribution in [2.75, 3.05) is 5.32 Å². The van der Waals surface area contributed by atoms with E-state index in [0.29, 0.717) is 5.02 Å². The quantitative estimate of drug-likeness (QED) is 0.656. The number of primary amides is 1. The van der Waals surface area contributed by atoms with Crippen molar-refractivity contribution in [2.45, 2.75) is 12.5 Å². The minimum absolute atomic E-state index is 0.189. The van der Waals surface area contributed by atoms with Gasteiger partial charge in [-0.15, -0.1) is 0 Å². The second kappa shape index (κ2) is 6.97. The summed E-state index contributed by atoms with van der Waals surface area (Å²) in [6.45, 7) is 0. The molecular weight excluding hydrogens is 309 g/mol. The number of nitrogens with two attached hydrogens (primary N) is 1. The molecule has 20 heavy (non-hydrogen) atoms. The second-order valence-electron chi connectivity index (χ2n) is 3.78. The fraction of sp³-hybridized carbons (Fsp3) is 0.182. The predicted octanol–water partition coefficient (Wildman–Crippen LogP) is 1.44. The number of nitrogens with one attached hydrogen (secondary N) is 2. The van der Waals surface area contributed by atoms with Crippen LogP contribution in [0.25, 0.3) is 0 Å². The number of carboxylic acid groups (broad SMARTS) is 1. The van der Waals surface area contributed by atoms with Crippen molar-refractivity contribution in [3.05, 3.63) is 28.2 Å². The summed E-state index contributed by atoms with van der Waals surface area (Å²) < 4.78 is 0. The maximum atomic E-state index is 11.6. The zero-order valence-corrected chi connectivity index (χ0v) is 11.5. The molecule has 0 aliphatic heterocycles. The van der Waals surface area contributed by atoms with Crippen LogP contribution in [0.4, 0.5) is 10.5 Å². The molecule has 5 N–H and O–H groups in total. The number of carboxylic acids is 1. The van der Waals surface area contributed by atoms with Crippen LogP contribution in [0.2, 0.25) is 10.0 Å². The van der Waals surface area contributed by atoms with E-state index in [2.05, 4.69) is 10.6 Å². The molecule has 0 bridgehead atoms. The van der Waals surface area contributed by atoms with E-state index < -0.39 is 30.4 Å². The third-order valence-corrected chi connectivity index (χ3v) is 2.74. The van der Waals surface area contributed by atoms with E-state index in [1.54, 1.807) is 0 Å². The first-order chi connectivity index (χ1) is 9.29. The lowest BCUT2D eigenvalue weighted by Crippen LogP contribution is -2.45. The Kier molecular flexibility index (Phi) is 5.60. The van der Waals surface area contributed by atoms with Gasteiger partial charge in [0.2, 0.25) is 5.91 Å². The van der Waals surface area contributed by atoms with Gasteiger partial charge in [-0.3, -0.25) is 4.79 Å². The van der Waals surface area contributed by atoms with Gasteiger partial charge in [0.05, 0.1) is 17.1 Å². The third-order valence-electron chi connectivity index (χ3n) is 2.19. The first-order valence-electron chi connectivity index (χ1n) is 5.33. The summed E-state index contributed by atoms with van der Waals surface area (Å²) in [6.07, 6.45) is -0.517. The maximum absolute atomic E-state index is 11.6. The number of carbonyl (C=O) groups excluding carboxylic acids is 2. The Morgan fingerprint density at radius 2 is 1.95 bits per heavy atom. The molecule has 0 spiro atoms. The highest BCUT2D eigenvalue weighted by Crippen LogP contribution is 2.25. The normalized spacial score (nSPS) is 11.5. The topological polar surface area (TPSA) is 122 Å². The van der Waals surface area contributed by atoms with E-state index in [1.807, 2.05) is 0 Å². The SMILES string of the molecule is NC(=O)C[C@H](NC(=O)Nc1ccc(Cl)cc1Cl)C(=O)O. The standard InChI is InChI=1S/C11H11Cl2N3O4/c12-5-1-2-7(6(13)3-5)15-11(20)16-8(10(18)19)4-9(14)17/h1-3,8H,4H2,(H2,14,17)(H,18,19)(H2,15,16,20)/t8-/m0/s1. The summed E-state index contributed by atoms with van der Waals surface area (Å²) in [5, 5.41) is 13.8. The van der Waals surface area contributed by atoms with E-state index in [-0.39, 0.29) is 10.7 Å². The highest BCUT2D eigenvalue weighted by Gasteiger charge is 2.22. The molecule has 9 heteroatoms. The lowest BCUT2D eigenvalue weighted by atomic mass is 10.2. The number of amides is 3. The Morgan fingerprint density at radius 1 is 1.30 bits per heavy atom. The van der Waals surface area contributed by atoms with Gasteiger partial charge in [0.15, 0.2) is 0 Å². The molecular formula is C11H11Cl2N3O4. The van der Waals surface area contributed by atoms with Crippen LogP contribution in [-0.4, -0.2) is 29.1 Å². The molecule has 0 aliphatic rings. The van der Waals surface area contributed by atoms with Crippen molar-refractivity contribution in [1.29, 1.82) is 0 Å². The van der Waals surface area contributed by atoms with Crippen LogP contribution in [0.3, 0.4) is 0 Å². The third kappa shape index (κ3) is 4.94. The molecule has 3 amide bonds. The monoisotopic (exact) mass is 319 g/mol. The number of anilines is 1. The maximum Gasteiger partial charge on any atom is 0.326 e. The average Bonchev–Trinajstić information content (AvgIpc) is 2.31. The molecule has 0 heterocycles. The van der Waals surface area contributed by atoms with Gasteiger partial charge >= 0.3 is 12.0 Å². The molecule has 1 aromatic rings. The van der Waals surface area contributed by atoms with Crippen molar-refractivity contribution in [1.82, 2.24) is 5.32 Å². The summed E-state index contributed by atoms with van der Waals surface area (Å²) in [5.41, 5.74) is 5.14. The minimum atomic E-state index is -1.42. The van der Waals surface area contributed by atoms with E-state index in [4.69, 9.17) is 34.0 Å². The van der Waals surface area contributed by atoms with Crippen LogP contribution < -0.4 is 16.4 Å². The summed E-state index contributed by atoms with van der Waals surface area (Å²) >= 11 is 11.5. The number of rotatable bonds is 5. The van der Waals surface area contributed by atoms with Crippen LogP contribution in [-0.2, 0) is 9.59 Å². The van der Waals surface area contributed by atoms with Gasteiger partial charge < -0.3 is 21.5 Å². The average molecular weight is 320 g/mol. The van der Waals surface area contributed by atoms with E-state index in [1.165, 1.54) is 18.2 Å². The summed E-state index contributed by atoms with van der Waals surface area (Å²) in [6, 6.07) is 2.12. The summed E-state index contributed by atoms with van der Waals surface area (Å²) in [4.78, 5) is 33.2. The molecule has 0 aliphatic carbocycles. The van der Waals surface area contributed by atoms with Gasteiger partial charge in [0, 0.05) is 5.02 Å². The Morgan fingerprint density at radius 3 is 2.45 bits per heavy atom. The number of hydrogen-bond donors (Lipinski definition) is 4. The van der Waals surface area contributed by atoms with Crippen LogP contribution in [0.15, 0.2) is 18.2 Å². The number of aliphatic carboxylic acids is 1. The fourth-order valence-electron chi connectivity index (χ4n) is 1.31. The molecule has 0 saturated carbocycles. The van der Waals surface area contributed by atoms with Gasteiger partial charge in [-0.2, -0.15) is 0 Å².